The Balaban J connectivity index is 1.56. The molecule has 1 saturated carbocycles. The molecule has 5 heteroatoms. The molecule has 0 aliphatic heterocycles. The van der Waals surface area contributed by atoms with Gasteiger partial charge in [-0.05, 0) is 67.3 Å². The summed E-state index contributed by atoms with van der Waals surface area (Å²) in [4.78, 5) is 12.3. The van der Waals surface area contributed by atoms with Crippen molar-refractivity contribution >= 4 is 17.3 Å². The third-order valence-corrected chi connectivity index (χ3v) is 6.15. The van der Waals surface area contributed by atoms with Gasteiger partial charge in [-0.15, -0.1) is 0 Å². The molecule has 0 bridgehead atoms. The SMILES string of the molecule is CCCCCCC1CCC(c2ccc(OC(=O)c3cc(N)cc(N)c3)cc2F)CC1. The van der Waals surface area contributed by atoms with Crippen LogP contribution in [0.2, 0.25) is 0 Å². The molecular formula is C25H33FN2O2. The fourth-order valence-electron chi connectivity index (χ4n) is 4.48. The summed E-state index contributed by atoms with van der Waals surface area (Å²) >= 11 is 0. The minimum absolute atomic E-state index is 0.187. The van der Waals surface area contributed by atoms with Crippen molar-refractivity contribution < 1.29 is 13.9 Å². The molecule has 1 fully saturated rings. The van der Waals surface area contributed by atoms with E-state index in [1.165, 1.54) is 63.1 Å². The highest BCUT2D eigenvalue weighted by molar-refractivity contribution is 5.93. The average molecular weight is 413 g/mol. The molecule has 1 aliphatic carbocycles. The Morgan fingerprint density at radius 3 is 2.33 bits per heavy atom. The maximum atomic E-state index is 14.8. The molecule has 0 radical (unpaired) electrons. The predicted octanol–water partition coefficient (Wildman–Crippen LogP) is 6.45. The molecule has 0 unspecified atom stereocenters. The number of carbonyl (C=O) groups is 1. The van der Waals surface area contributed by atoms with Crippen LogP contribution in [0.5, 0.6) is 5.75 Å². The summed E-state index contributed by atoms with van der Waals surface area (Å²) in [5.41, 5.74) is 13.2. The van der Waals surface area contributed by atoms with Crippen LogP contribution in [0.15, 0.2) is 36.4 Å². The van der Waals surface area contributed by atoms with Gasteiger partial charge in [0, 0.05) is 17.4 Å². The number of esters is 1. The molecule has 30 heavy (non-hydrogen) atoms. The number of unbranched alkanes of at least 4 members (excludes halogenated alkanes) is 3. The van der Waals surface area contributed by atoms with Gasteiger partial charge >= 0.3 is 5.97 Å². The Bertz CT molecular complexity index is 840. The van der Waals surface area contributed by atoms with E-state index in [-0.39, 0.29) is 23.0 Å². The van der Waals surface area contributed by atoms with Crippen LogP contribution in [-0.4, -0.2) is 5.97 Å². The van der Waals surface area contributed by atoms with Gasteiger partial charge in [-0.3, -0.25) is 0 Å². The van der Waals surface area contributed by atoms with Crippen molar-refractivity contribution in [2.24, 2.45) is 5.92 Å². The summed E-state index contributed by atoms with van der Waals surface area (Å²) in [6.45, 7) is 2.24. The van der Waals surface area contributed by atoms with Crippen LogP contribution >= 0.6 is 0 Å². The lowest BCUT2D eigenvalue weighted by atomic mass is 9.77. The first-order valence-electron chi connectivity index (χ1n) is 11.1. The van der Waals surface area contributed by atoms with E-state index in [9.17, 15) is 9.18 Å². The fourth-order valence-corrected chi connectivity index (χ4v) is 4.48. The number of halogens is 1. The summed E-state index contributed by atoms with van der Waals surface area (Å²) < 4.78 is 20.1. The van der Waals surface area contributed by atoms with E-state index < -0.39 is 5.97 Å². The van der Waals surface area contributed by atoms with Gasteiger partial charge < -0.3 is 16.2 Å². The van der Waals surface area contributed by atoms with Crippen LogP contribution in [-0.2, 0) is 0 Å². The third-order valence-electron chi connectivity index (χ3n) is 6.15. The first-order chi connectivity index (χ1) is 14.5. The van der Waals surface area contributed by atoms with E-state index in [4.69, 9.17) is 16.2 Å². The summed E-state index contributed by atoms with van der Waals surface area (Å²) in [5, 5.41) is 0. The van der Waals surface area contributed by atoms with Gasteiger partial charge in [-0.25, -0.2) is 9.18 Å². The van der Waals surface area contributed by atoms with E-state index in [1.54, 1.807) is 18.2 Å². The topological polar surface area (TPSA) is 78.3 Å². The number of benzene rings is 2. The molecule has 2 aromatic rings. The second-order valence-electron chi connectivity index (χ2n) is 8.53. The van der Waals surface area contributed by atoms with Crippen molar-refractivity contribution in [3.63, 3.8) is 0 Å². The minimum atomic E-state index is -0.607. The zero-order valence-electron chi connectivity index (χ0n) is 17.8. The number of anilines is 2. The van der Waals surface area contributed by atoms with Crippen LogP contribution < -0.4 is 16.2 Å². The van der Waals surface area contributed by atoms with Crippen molar-refractivity contribution in [1.29, 1.82) is 0 Å². The van der Waals surface area contributed by atoms with Gasteiger partial charge in [0.1, 0.15) is 11.6 Å². The Morgan fingerprint density at radius 1 is 1.00 bits per heavy atom. The summed E-state index contributed by atoms with van der Waals surface area (Å²) in [7, 11) is 0. The lowest BCUT2D eigenvalue weighted by Gasteiger charge is -2.29. The predicted molar refractivity (Wildman–Crippen MR) is 120 cm³/mol. The van der Waals surface area contributed by atoms with Gasteiger partial charge in [0.05, 0.1) is 5.56 Å². The van der Waals surface area contributed by atoms with E-state index in [2.05, 4.69) is 6.92 Å². The smallest absolute Gasteiger partial charge is 0.343 e. The monoisotopic (exact) mass is 412 g/mol. The largest absolute Gasteiger partial charge is 0.423 e. The van der Waals surface area contributed by atoms with Crippen LogP contribution in [0.1, 0.15) is 86.6 Å². The molecule has 0 amide bonds. The first kappa shape index (κ1) is 22.1. The highest BCUT2D eigenvalue weighted by Gasteiger charge is 2.24. The maximum absolute atomic E-state index is 14.8. The van der Waals surface area contributed by atoms with Crippen molar-refractivity contribution in [3.8, 4) is 5.75 Å². The van der Waals surface area contributed by atoms with Crippen molar-refractivity contribution in [1.82, 2.24) is 0 Å². The van der Waals surface area contributed by atoms with E-state index in [0.29, 0.717) is 11.4 Å². The molecule has 0 spiro atoms. The molecule has 162 valence electrons. The lowest BCUT2D eigenvalue weighted by molar-refractivity contribution is 0.0734. The molecular weight excluding hydrogens is 379 g/mol. The zero-order valence-corrected chi connectivity index (χ0v) is 17.8. The van der Waals surface area contributed by atoms with Crippen LogP contribution in [0.25, 0.3) is 0 Å². The second kappa shape index (κ2) is 10.5. The van der Waals surface area contributed by atoms with Crippen molar-refractivity contribution in [2.75, 3.05) is 11.5 Å². The Morgan fingerprint density at radius 2 is 1.70 bits per heavy atom. The first-order valence-corrected chi connectivity index (χ1v) is 11.1. The van der Waals surface area contributed by atoms with E-state index >= 15 is 0 Å². The van der Waals surface area contributed by atoms with Gasteiger partial charge in [0.15, 0.2) is 0 Å². The molecule has 4 nitrogen and oxygen atoms in total. The van der Waals surface area contributed by atoms with Crippen LogP contribution in [0.4, 0.5) is 15.8 Å². The summed E-state index contributed by atoms with van der Waals surface area (Å²) in [5.74, 6) is 0.304. The maximum Gasteiger partial charge on any atom is 0.343 e. The number of hydrogen-bond donors (Lipinski definition) is 2. The Kier molecular flexibility index (Phi) is 7.72. The Hall–Kier alpha value is -2.56. The normalized spacial score (nSPS) is 18.9. The molecule has 4 N–H and O–H groups in total. The molecule has 3 rings (SSSR count). The lowest BCUT2D eigenvalue weighted by Crippen LogP contribution is -2.15. The zero-order chi connectivity index (χ0) is 21.5. The Labute approximate surface area is 178 Å². The number of carbonyl (C=O) groups excluding carboxylic acids is 1. The quantitative estimate of drug-likeness (QED) is 0.226. The van der Waals surface area contributed by atoms with Gasteiger partial charge in [-0.1, -0.05) is 45.1 Å². The fraction of sp³-hybridized carbons (Fsp3) is 0.480. The van der Waals surface area contributed by atoms with Gasteiger partial charge in [0.2, 0.25) is 0 Å². The molecule has 1 aliphatic rings. The number of ether oxygens (including phenoxy) is 1. The average Bonchev–Trinajstić information content (AvgIpc) is 2.71. The van der Waals surface area contributed by atoms with E-state index in [1.807, 2.05) is 0 Å². The molecule has 0 saturated heterocycles. The standard InChI is InChI=1S/C25H33FN2O2/c1-2-3-4-5-6-17-7-9-18(10-8-17)23-12-11-22(16-24(23)26)30-25(29)19-13-20(27)15-21(28)14-19/h11-18H,2-10,27-28H2,1H3. The van der Waals surface area contributed by atoms with Gasteiger partial charge in [0.25, 0.3) is 0 Å². The third kappa shape index (κ3) is 5.97. The minimum Gasteiger partial charge on any atom is -0.423 e. The highest BCUT2D eigenvalue weighted by atomic mass is 19.1. The highest BCUT2D eigenvalue weighted by Crippen LogP contribution is 2.39. The van der Waals surface area contributed by atoms with Gasteiger partial charge in [-0.2, -0.15) is 0 Å². The number of hydrogen-bond acceptors (Lipinski definition) is 4. The molecule has 0 atom stereocenters. The molecule has 2 aromatic carbocycles. The summed E-state index contributed by atoms with van der Waals surface area (Å²) in [6.07, 6.45) is 10.9. The number of rotatable bonds is 8. The molecule has 0 aromatic heterocycles. The number of nitrogen functional groups attached to an aromatic ring is 2. The number of nitrogens with two attached hydrogens (primary N) is 2. The van der Waals surface area contributed by atoms with Crippen LogP contribution in [0.3, 0.4) is 0 Å². The molecule has 0 heterocycles. The van der Waals surface area contributed by atoms with Crippen molar-refractivity contribution in [3.05, 3.63) is 53.3 Å². The van der Waals surface area contributed by atoms with Crippen LogP contribution in [0, 0.1) is 11.7 Å². The van der Waals surface area contributed by atoms with E-state index in [0.717, 1.165) is 24.3 Å². The van der Waals surface area contributed by atoms with Crippen molar-refractivity contribution in [2.45, 2.75) is 70.6 Å². The second-order valence-corrected chi connectivity index (χ2v) is 8.53. The summed E-state index contributed by atoms with van der Waals surface area (Å²) in [6, 6.07) is 9.28.